The lowest BCUT2D eigenvalue weighted by Crippen LogP contribution is -2.12. The van der Waals surface area contributed by atoms with Gasteiger partial charge >= 0.3 is 0 Å². The number of carbonyl (C=O) groups is 1. The summed E-state index contributed by atoms with van der Waals surface area (Å²) in [5, 5.41) is 11.4. The zero-order valence-electron chi connectivity index (χ0n) is 11.2. The molecule has 0 radical (unpaired) electrons. The van der Waals surface area contributed by atoms with E-state index in [4.69, 9.17) is 5.26 Å². The van der Waals surface area contributed by atoms with Gasteiger partial charge in [-0.3, -0.25) is 4.79 Å². The molecule has 0 bridgehead atoms. The predicted molar refractivity (Wildman–Crippen MR) is 75.0 cm³/mol. The second-order valence-electron chi connectivity index (χ2n) is 4.56. The van der Waals surface area contributed by atoms with Crippen molar-refractivity contribution in [2.75, 3.05) is 5.32 Å². The topological polar surface area (TPSA) is 52.9 Å². The number of halogens is 1. The first-order chi connectivity index (χ1) is 9.51. The van der Waals surface area contributed by atoms with Gasteiger partial charge in [0, 0.05) is 11.3 Å². The lowest BCUT2D eigenvalue weighted by molar-refractivity contribution is 0.102. The highest BCUT2D eigenvalue weighted by Gasteiger charge is 2.09. The van der Waals surface area contributed by atoms with Crippen molar-refractivity contribution >= 4 is 11.6 Å². The zero-order chi connectivity index (χ0) is 14.7. The molecule has 20 heavy (non-hydrogen) atoms. The molecule has 0 heterocycles. The predicted octanol–water partition coefficient (Wildman–Crippen LogP) is 3.57. The monoisotopic (exact) mass is 268 g/mol. The molecule has 0 saturated heterocycles. The SMILES string of the molecule is Cc1ccc(C(=O)Nc2ccc(F)c(C#N)c2)cc1C. The van der Waals surface area contributed by atoms with Crippen LogP contribution in [0.1, 0.15) is 27.0 Å². The molecular formula is C16H13FN2O. The minimum absolute atomic E-state index is 0.0945. The van der Waals surface area contributed by atoms with Crippen LogP contribution in [0.25, 0.3) is 0 Å². The number of benzene rings is 2. The third kappa shape index (κ3) is 2.83. The van der Waals surface area contributed by atoms with Crippen molar-refractivity contribution < 1.29 is 9.18 Å². The first-order valence-electron chi connectivity index (χ1n) is 6.09. The molecule has 0 spiro atoms. The molecule has 0 aliphatic rings. The fraction of sp³-hybridized carbons (Fsp3) is 0.125. The Bertz CT molecular complexity index is 717. The highest BCUT2D eigenvalue weighted by molar-refractivity contribution is 6.04. The van der Waals surface area contributed by atoms with E-state index in [0.717, 1.165) is 17.2 Å². The molecule has 0 saturated carbocycles. The third-order valence-electron chi connectivity index (χ3n) is 3.11. The number of nitriles is 1. The number of nitrogens with zero attached hydrogens (tertiary/aromatic N) is 1. The number of aryl methyl sites for hydroxylation is 2. The largest absolute Gasteiger partial charge is 0.322 e. The van der Waals surface area contributed by atoms with Crippen molar-refractivity contribution in [2.45, 2.75) is 13.8 Å². The maximum absolute atomic E-state index is 13.2. The van der Waals surface area contributed by atoms with Crippen LogP contribution in [0.15, 0.2) is 36.4 Å². The molecule has 3 nitrogen and oxygen atoms in total. The van der Waals surface area contributed by atoms with Crippen molar-refractivity contribution in [2.24, 2.45) is 0 Å². The zero-order valence-corrected chi connectivity index (χ0v) is 11.2. The van der Waals surface area contributed by atoms with Gasteiger partial charge in [-0.05, 0) is 55.3 Å². The van der Waals surface area contributed by atoms with E-state index in [0.29, 0.717) is 11.3 Å². The highest BCUT2D eigenvalue weighted by atomic mass is 19.1. The van der Waals surface area contributed by atoms with Gasteiger partial charge in [-0.15, -0.1) is 0 Å². The van der Waals surface area contributed by atoms with E-state index in [-0.39, 0.29) is 11.5 Å². The summed E-state index contributed by atoms with van der Waals surface area (Å²) in [6.07, 6.45) is 0. The molecule has 0 fully saturated rings. The Balaban J connectivity index is 2.23. The summed E-state index contributed by atoms with van der Waals surface area (Å²) in [4.78, 5) is 12.1. The Morgan fingerprint density at radius 1 is 1.15 bits per heavy atom. The second-order valence-corrected chi connectivity index (χ2v) is 4.56. The van der Waals surface area contributed by atoms with Gasteiger partial charge in [0.25, 0.3) is 5.91 Å². The van der Waals surface area contributed by atoms with Gasteiger partial charge in [0.2, 0.25) is 0 Å². The Kier molecular flexibility index (Phi) is 3.81. The van der Waals surface area contributed by atoms with Gasteiger partial charge in [0.05, 0.1) is 5.56 Å². The van der Waals surface area contributed by atoms with Gasteiger partial charge in [0.15, 0.2) is 0 Å². The van der Waals surface area contributed by atoms with E-state index in [1.165, 1.54) is 12.1 Å². The van der Waals surface area contributed by atoms with Crippen molar-refractivity contribution in [3.05, 3.63) is 64.5 Å². The van der Waals surface area contributed by atoms with E-state index >= 15 is 0 Å². The maximum atomic E-state index is 13.2. The van der Waals surface area contributed by atoms with E-state index in [1.807, 2.05) is 19.9 Å². The summed E-state index contributed by atoms with van der Waals surface area (Å²) in [6, 6.07) is 11.0. The summed E-state index contributed by atoms with van der Waals surface area (Å²) < 4.78 is 13.2. The smallest absolute Gasteiger partial charge is 0.255 e. The van der Waals surface area contributed by atoms with Crippen LogP contribution >= 0.6 is 0 Å². The summed E-state index contributed by atoms with van der Waals surface area (Å²) in [5.41, 5.74) is 2.95. The quantitative estimate of drug-likeness (QED) is 0.905. The fourth-order valence-corrected chi connectivity index (χ4v) is 1.77. The van der Waals surface area contributed by atoms with Crippen LogP contribution in [-0.2, 0) is 0 Å². The number of anilines is 1. The number of carbonyl (C=O) groups excluding carboxylic acids is 1. The van der Waals surface area contributed by atoms with E-state index in [2.05, 4.69) is 5.32 Å². The Morgan fingerprint density at radius 2 is 1.90 bits per heavy atom. The lowest BCUT2D eigenvalue weighted by Gasteiger charge is -2.07. The lowest BCUT2D eigenvalue weighted by atomic mass is 10.1. The van der Waals surface area contributed by atoms with Gasteiger partial charge in [0.1, 0.15) is 11.9 Å². The molecule has 1 N–H and O–H groups in total. The molecule has 2 rings (SSSR count). The molecule has 100 valence electrons. The minimum Gasteiger partial charge on any atom is -0.322 e. The average Bonchev–Trinajstić information content (AvgIpc) is 2.43. The van der Waals surface area contributed by atoms with Crippen LogP contribution < -0.4 is 5.32 Å². The molecule has 4 heteroatoms. The van der Waals surface area contributed by atoms with Crippen LogP contribution in [0.4, 0.5) is 10.1 Å². The van der Waals surface area contributed by atoms with E-state index in [1.54, 1.807) is 18.2 Å². The highest BCUT2D eigenvalue weighted by Crippen LogP contribution is 2.16. The minimum atomic E-state index is -0.600. The van der Waals surface area contributed by atoms with Gasteiger partial charge in [-0.1, -0.05) is 6.07 Å². The van der Waals surface area contributed by atoms with E-state index < -0.39 is 5.82 Å². The Labute approximate surface area is 116 Å². The number of amides is 1. The summed E-state index contributed by atoms with van der Waals surface area (Å²) in [5.74, 6) is -0.889. The van der Waals surface area contributed by atoms with Gasteiger partial charge < -0.3 is 5.32 Å². The van der Waals surface area contributed by atoms with E-state index in [9.17, 15) is 9.18 Å². The summed E-state index contributed by atoms with van der Waals surface area (Å²) in [7, 11) is 0. The molecule has 2 aromatic carbocycles. The van der Waals surface area contributed by atoms with Gasteiger partial charge in [-0.2, -0.15) is 5.26 Å². The molecule has 0 aromatic heterocycles. The van der Waals surface area contributed by atoms with Crippen LogP contribution in [-0.4, -0.2) is 5.91 Å². The Morgan fingerprint density at radius 3 is 2.55 bits per heavy atom. The number of hydrogen-bond donors (Lipinski definition) is 1. The van der Waals surface area contributed by atoms with Gasteiger partial charge in [-0.25, -0.2) is 4.39 Å². The van der Waals surface area contributed by atoms with Crippen LogP contribution in [0.2, 0.25) is 0 Å². The number of rotatable bonds is 2. The maximum Gasteiger partial charge on any atom is 0.255 e. The normalized spacial score (nSPS) is 9.90. The second kappa shape index (κ2) is 5.54. The third-order valence-corrected chi connectivity index (χ3v) is 3.11. The molecule has 0 atom stereocenters. The van der Waals surface area contributed by atoms with Crippen LogP contribution in [0.5, 0.6) is 0 Å². The van der Waals surface area contributed by atoms with Crippen molar-refractivity contribution in [3.63, 3.8) is 0 Å². The standard InChI is InChI=1S/C16H13FN2O/c1-10-3-4-12(7-11(10)2)16(20)19-14-5-6-15(17)13(8-14)9-18/h3-8H,1-2H3,(H,19,20). The fourth-order valence-electron chi connectivity index (χ4n) is 1.77. The average molecular weight is 268 g/mol. The van der Waals surface area contributed by atoms with Crippen LogP contribution in [0.3, 0.4) is 0 Å². The first kappa shape index (κ1) is 13.8. The van der Waals surface area contributed by atoms with Crippen molar-refractivity contribution in [3.8, 4) is 6.07 Å². The molecular weight excluding hydrogens is 255 g/mol. The van der Waals surface area contributed by atoms with Crippen LogP contribution in [0, 0.1) is 31.0 Å². The first-order valence-corrected chi connectivity index (χ1v) is 6.09. The number of hydrogen-bond acceptors (Lipinski definition) is 2. The summed E-state index contributed by atoms with van der Waals surface area (Å²) >= 11 is 0. The van der Waals surface area contributed by atoms with Crippen molar-refractivity contribution in [1.82, 2.24) is 0 Å². The molecule has 0 aliphatic heterocycles. The molecule has 1 amide bonds. The molecule has 0 aliphatic carbocycles. The molecule has 2 aromatic rings. The Hall–Kier alpha value is -2.67. The van der Waals surface area contributed by atoms with Crippen molar-refractivity contribution in [1.29, 1.82) is 5.26 Å². The summed E-state index contributed by atoms with van der Waals surface area (Å²) in [6.45, 7) is 3.90. The number of nitrogens with one attached hydrogen (secondary N) is 1. The molecule has 0 unspecified atom stereocenters.